The lowest BCUT2D eigenvalue weighted by Crippen LogP contribution is -2.29. The molecule has 0 bridgehead atoms. The zero-order valence-electron chi connectivity index (χ0n) is 12.9. The molecule has 0 aliphatic carbocycles. The van der Waals surface area contributed by atoms with Crippen molar-refractivity contribution >= 4 is 11.8 Å². The van der Waals surface area contributed by atoms with Gasteiger partial charge in [-0.2, -0.15) is 4.68 Å². The molecule has 0 amide bonds. The van der Waals surface area contributed by atoms with Gasteiger partial charge >= 0.3 is 0 Å². The summed E-state index contributed by atoms with van der Waals surface area (Å²) in [5.41, 5.74) is 0.995. The van der Waals surface area contributed by atoms with Crippen LogP contribution >= 0.6 is 11.8 Å². The van der Waals surface area contributed by atoms with Crippen molar-refractivity contribution in [3.63, 3.8) is 0 Å². The lowest BCUT2D eigenvalue weighted by atomic mass is 10.2. The van der Waals surface area contributed by atoms with Gasteiger partial charge in [0.15, 0.2) is 0 Å². The molecule has 1 aromatic carbocycles. The van der Waals surface area contributed by atoms with Crippen molar-refractivity contribution in [1.82, 2.24) is 25.5 Å². The van der Waals surface area contributed by atoms with Gasteiger partial charge in [-0.1, -0.05) is 43.8 Å². The predicted octanol–water partition coefficient (Wildman–Crippen LogP) is 2.92. The fraction of sp³-hybridized carbons (Fsp3) is 0.533. The van der Waals surface area contributed by atoms with Gasteiger partial charge in [-0.05, 0) is 48.9 Å². The third-order valence-corrected chi connectivity index (χ3v) is 4.24. The summed E-state index contributed by atoms with van der Waals surface area (Å²) in [6.07, 6.45) is 2.25. The largest absolute Gasteiger partial charge is 0.314 e. The molecule has 5 nitrogen and oxygen atoms in total. The summed E-state index contributed by atoms with van der Waals surface area (Å²) in [5.74, 6) is 0. The van der Waals surface area contributed by atoms with Crippen LogP contribution in [0.15, 0.2) is 35.5 Å². The Labute approximate surface area is 130 Å². The van der Waals surface area contributed by atoms with E-state index < -0.39 is 0 Å². The first-order valence-electron chi connectivity index (χ1n) is 7.44. The molecule has 0 aliphatic heterocycles. The van der Waals surface area contributed by atoms with Gasteiger partial charge in [-0.3, -0.25) is 0 Å². The summed E-state index contributed by atoms with van der Waals surface area (Å²) in [4.78, 5) is 0. The molecular formula is C15H23N5S. The quantitative estimate of drug-likeness (QED) is 0.760. The van der Waals surface area contributed by atoms with Gasteiger partial charge in [-0.15, -0.1) is 5.10 Å². The molecule has 2 aromatic rings. The Morgan fingerprint density at radius 3 is 2.71 bits per heavy atom. The fourth-order valence-electron chi connectivity index (χ4n) is 2.18. The van der Waals surface area contributed by atoms with Crippen LogP contribution in [-0.4, -0.2) is 38.0 Å². The molecule has 21 heavy (non-hydrogen) atoms. The standard InChI is InChI=1S/C15H23N5S/c1-4-10-16-12(2)11-13(3)21-15-17-18-19-20(15)14-8-6-5-7-9-14/h5-9,12-13,16H,4,10-11H2,1-3H3. The van der Waals surface area contributed by atoms with E-state index in [1.54, 1.807) is 16.4 Å². The van der Waals surface area contributed by atoms with Crippen LogP contribution in [0.2, 0.25) is 0 Å². The van der Waals surface area contributed by atoms with Crippen LogP contribution in [0.25, 0.3) is 5.69 Å². The average Bonchev–Trinajstić information content (AvgIpc) is 2.94. The van der Waals surface area contributed by atoms with E-state index in [9.17, 15) is 0 Å². The number of hydrogen-bond donors (Lipinski definition) is 1. The topological polar surface area (TPSA) is 55.6 Å². The van der Waals surface area contributed by atoms with Gasteiger partial charge in [0.2, 0.25) is 5.16 Å². The van der Waals surface area contributed by atoms with E-state index in [2.05, 4.69) is 41.6 Å². The normalized spacial score (nSPS) is 14.0. The third-order valence-electron chi connectivity index (χ3n) is 3.18. The van der Waals surface area contributed by atoms with Gasteiger partial charge in [0.25, 0.3) is 0 Å². The van der Waals surface area contributed by atoms with E-state index in [1.165, 1.54) is 0 Å². The maximum Gasteiger partial charge on any atom is 0.214 e. The van der Waals surface area contributed by atoms with E-state index in [4.69, 9.17) is 0 Å². The molecule has 0 radical (unpaired) electrons. The molecule has 2 atom stereocenters. The van der Waals surface area contributed by atoms with Gasteiger partial charge in [0.1, 0.15) is 0 Å². The van der Waals surface area contributed by atoms with Crippen LogP contribution in [-0.2, 0) is 0 Å². The Balaban J connectivity index is 1.96. The first-order chi connectivity index (χ1) is 10.2. The zero-order chi connectivity index (χ0) is 15.1. The first kappa shape index (κ1) is 16.0. The number of nitrogens with zero attached hydrogens (tertiary/aromatic N) is 4. The summed E-state index contributed by atoms with van der Waals surface area (Å²) in [7, 11) is 0. The molecular weight excluding hydrogens is 282 g/mol. The Kier molecular flexibility index (Phi) is 6.20. The van der Waals surface area contributed by atoms with Crippen molar-refractivity contribution < 1.29 is 0 Å². The van der Waals surface area contributed by atoms with Crippen LogP contribution in [0.4, 0.5) is 0 Å². The number of nitrogens with one attached hydrogen (secondary N) is 1. The van der Waals surface area contributed by atoms with Crippen molar-refractivity contribution in [2.24, 2.45) is 0 Å². The number of para-hydroxylation sites is 1. The van der Waals surface area contributed by atoms with Gasteiger partial charge in [0.05, 0.1) is 5.69 Å². The second-order valence-electron chi connectivity index (χ2n) is 5.23. The van der Waals surface area contributed by atoms with E-state index in [0.717, 1.165) is 30.2 Å². The van der Waals surface area contributed by atoms with Gasteiger partial charge in [0, 0.05) is 11.3 Å². The molecule has 6 heteroatoms. The molecule has 0 saturated carbocycles. The SMILES string of the molecule is CCCNC(C)CC(C)Sc1nnnn1-c1ccccc1. The van der Waals surface area contributed by atoms with Crippen LogP contribution < -0.4 is 5.32 Å². The smallest absolute Gasteiger partial charge is 0.214 e. The molecule has 1 heterocycles. The monoisotopic (exact) mass is 305 g/mol. The lowest BCUT2D eigenvalue weighted by Gasteiger charge is -2.17. The van der Waals surface area contributed by atoms with Crippen molar-refractivity contribution in [3.8, 4) is 5.69 Å². The highest BCUT2D eigenvalue weighted by molar-refractivity contribution is 7.99. The molecule has 1 N–H and O–H groups in total. The molecule has 0 fully saturated rings. The first-order valence-corrected chi connectivity index (χ1v) is 8.32. The summed E-state index contributed by atoms with van der Waals surface area (Å²) in [5, 5.41) is 16.9. The van der Waals surface area contributed by atoms with Gasteiger partial charge in [-0.25, -0.2) is 0 Å². The number of thioether (sulfide) groups is 1. The van der Waals surface area contributed by atoms with Crippen LogP contribution in [0, 0.1) is 0 Å². The molecule has 0 spiro atoms. The zero-order valence-corrected chi connectivity index (χ0v) is 13.7. The maximum atomic E-state index is 4.15. The molecule has 0 saturated heterocycles. The number of hydrogen-bond acceptors (Lipinski definition) is 5. The summed E-state index contributed by atoms with van der Waals surface area (Å²) < 4.78 is 1.80. The highest BCUT2D eigenvalue weighted by Crippen LogP contribution is 2.25. The summed E-state index contributed by atoms with van der Waals surface area (Å²) >= 11 is 1.72. The van der Waals surface area contributed by atoms with Crippen LogP contribution in [0.5, 0.6) is 0 Å². The Morgan fingerprint density at radius 2 is 2.00 bits per heavy atom. The second-order valence-corrected chi connectivity index (χ2v) is 6.63. The number of tetrazole rings is 1. The second kappa shape index (κ2) is 8.14. The van der Waals surface area contributed by atoms with Crippen molar-refractivity contribution in [3.05, 3.63) is 30.3 Å². The van der Waals surface area contributed by atoms with E-state index >= 15 is 0 Å². The Morgan fingerprint density at radius 1 is 1.24 bits per heavy atom. The minimum atomic E-state index is 0.456. The molecule has 2 unspecified atom stereocenters. The predicted molar refractivity (Wildman–Crippen MR) is 86.8 cm³/mol. The Hall–Kier alpha value is -1.40. The molecule has 2 rings (SSSR count). The molecule has 114 valence electrons. The molecule has 0 aliphatic rings. The average molecular weight is 305 g/mol. The minimum Gasteiger partial charge on any atom is -0.314 e. The van der Waals surface area contributed by atoms with E-state index in [-0.39, 0.29) is 0 Å². The maximum absolute atomic E-state index is 4.15. The number of rotatable bonds is 8. The lowest BCUT2D eigenvalue weighted by molar-refractivity contribution is 0.513. The van der Waals surface area contributed by atoms with Crippen molar-refractivity contribution in [2.75, 3.05) is 6.54 Å². The van der Waals surface area contributed by atoms with Crippen molar-refractivity contribution in [1.29, 1.82) is 0 Å². The van der Waals surface area contributed by atoms with Crippen LogP contribution in [0.1, 0.15) is 33.6 Å². The minimum absolute atomic E-state index is 0.456. The van der Waals surface area contributed by atoms with E-state index in [0.29, 0.717) is 11.3 Å². The highest BCUT2D eigenvalue weighted by atomic mass is 32.2. The Bertz CT molecular complexity index is 528. The molecule has 1 aromatic heterocycles. The number of benzene rings is 1. The number of aromatic nitrogens is 4. The fourth-order valence-corrected chi connectivity index (χ4v) is 3.25. The van der Waals surface area contributed by atoms with E-state index in [1.807, 2.05) is 30.3 Å². The van der Waals surface area contributed by atoms with Gasteiger partial charge < -0.3 is 5.32 Å². The van der Waals surface area contributed by atoms with Crippen molar-refractivity contribution in [2.45, 2.75) is 50.1 Å². The highest BCUT2D eigenvalue weighted by Gasteiger charge is 2.15. The summed E-state index contributed by atoms with van der Waals surface area (Å²) in [6, 6.07) is 10.5. The summed E-state index contributed by atoms with van der Waals surface area (Å²) in [6.45, 7) is 7.71. The third kappa shape index (κ3) is 4.82. The van der Waals surface area contributed by atoms with Crippen LogP contribution in [0.3, 0.4) is 0 Å².